The lowest BCUT2D eigenvalue weighted by Crippen LogP contribution is -2.35. The fourth-order valence-corrected chi connectivity index (χ4v) is 1.80. The van der Waals surface area contributed by atoms with E-state index in [9.17, 15) is 0 Å². The third-order valence-electron chi connectivity index (χ3n) is 2.49. The van der Waals surface area contributed by atoms with Gasteiger partial charge in [0.05, 0.1) is 0 Å². The van der Waals surface area contributed by atoms with Crippen LogP contribution in [0.4, 0.5) is 0 Å². The Kier molecular flexibility index (Phi) is 6.67. The van der Waals surface area contributed by atoms with Crippen LogP contribution in [0.15, 0.2) is 30.3 Å². The lowest BCUT2D eigenvalue weighted by molar-refractivity contribution is 0.196. The summed E-state index contributed by atoms with van der Waals surface area (Å²) in [4.78, 5) is 2.35. The zero-order valence-corrected chi connectivity index (χ0v) is 10.9. The molecule has 1 rings (SSSR count). The van der Waals surface area contributed by atoms with Crippen molar-refractivity contribution < 1.29 is 4.74 Å². The normalized spacial score (nSPS) is 11.1. The summed E-state index contributed by atoms with van der Waals surface area (Å²) in [6.45, 7) is 8.83. The molecule has 0 aromatic heterocycles. The molecule has 0 aliphatic carbocycles. The van der Waals surface area contributed by atoms with Gasteiger partial charge in [-0.2, -0.15) is 0 Å². The highest BCUT2D eigenvalue weighted by Gasteiger charge is 2.06. The van der Waals surface area contributed by atoms with Gasteiger partial charge in [0.15, 0.2) is 0 Å². The smallest absolute Gasteiger partial charge is 0.119 e. The van der Waals surface area contributed by atoms with Crippen LogP contribution in [0.3, 0.4) is 0 Å². The van der Waals surface area contributed by atoms with Gasteiger partial charge < -0.3 is 10.5 Å². The largest absolute Gasteiger partial charge is 0.492 e. The molecule has 0 aliphatic rings. The summed E-state index contributed by atoms with van der Waals surface area (Å²) in [7, 11) is 0. The van der Waals surface area contributed by atoms with Crippen molar-refractivity contribution in [1.29, 1.82) is 0 Å². The van der Waals surface area contributed by atoms with Gasteiger partial charge in [-0.25, -0.2) is 0 Å². The number of hydrogen-bond acceptors (Lipinski definition) is 3. The van der Waals surface area contributed by atoms with E-state index in [4.69, 9.17) is 10.5 Å². The van der Waals surface area contributed by atoms with Crippen molar-refractivity contribution in [3.8, 4) is 5.75 Å². The molecule has 0 fully saturated rings. The van der Waals surface area contributed by atoms with Crippen LogP contribution < -0.4 is 10.5 Å². The molecule has 17 heavy (non-hydrogen) atoms. The van der Waals surface area contributed by atoms with Gasteiger partial charge >= 0.3 is 0 Å². The second kappa shape index (κ2) is 8.09. The molecule has 0 saturated carbocycles. The summed E-state index contributed by atoms with van der Waals surface area (Å²) < 4.78 is 5.68. The monoisotopic (exact) mass is 236 g/mol. The van der Waals surface area contributed by atoms with E-state index in [0.29, 0.717) is 12.5 Å². The molecule has 0 amide bonds. The van der Waals surface area contributed by atoms with E-state index in [2.05, 4.69) is 18.7 Å². The van der Waals surface area contributed by atoms with Crippen LogP contribution in [0.1, 0.15) is 13.8 Å². The molecule has 3 nitrogen and oxygen atoms in total. The molecule has 3 heteroatoms. The molecule has 96 valence electrons. The molecule has 0 atom stereocenters. The van der Waals surface area contributed by atoms with Crippen LogP contribution in [-0.4, -0.2) is 37.7 Å². The van der Waals surface area contributed by atoms with E-state index in [0.717, 1.165) is 32.0 Å². The van der Waals surface area contributed by atoms with Gasteiger partial charge in [-0.15, -0.1) is 0 Å². The number of nitrogens with zero attached hydrogens (tertiary/aromatic N) is 1. The summed E-state index contributed by atoms with van der Waals surface area (Å²) in [6.07, 6.45) is 0. The average molecular weight is 236 g/mol. The van der Waals surface area contributed by atoms with Gasteiger partial charge in [-0.05, 0) is 18.1 Å². The van der Waals surface area contributed by atoms with Crippen molar-refractivity contribution in [1.82, 2.24) is 4.90 Å². The summed E-state index contributed by atoms with van der Waals surface area (Å²) in [5.41, 5.74) is 5.61. The van der Waals surface area contributed by atoms with Crippen LogP contribution in [0, 0.1) is 5.92 Å². The molecule has 0 unspecified atom stereocenters. The lowest BCUT2D eigenvalue weighted by Gasteiger charge is -2.23. The van der Waals surface area contributed by atoms with E-state index in [1.54, 1.807) is 0 Å². The van der Waals surface area contributed by atoms with Crippen LogP contribution >= 0.6 is 0 Å². The number of hydrogen-bond donors (Lipinski definition) is 1. The highest BCUT2D eigenvalue weighted by molar-refractivity contribution is 5.20. The number of para-hydroxylation sites is 1. The van der Waals surface area contributed by atoms with Crippen LogP contribution in [0.2, 0.25) is 0 Å². The van der Waals surface area contributed by atoms with Crippen molar-refractivity contribution in [3.63, 3.8) is 0 Å². The van der Waals surface area contributed by atoms with Crippen molar-refractivity contribution in [2.24, 2.45) is 11.7 Å². The van der Waals surface area contributed by atoms with Gasteiger partial charge in [0.2, 0.25) is 0 Å². The standard InChI is InChI=1S/C14H24N2O/c1-13(2)12-16(9-8-15)10-11-17-14-6-4-3-5-7-14/h3-7,13H,8-12,15H2,1-2H3. The molecular formula is C14H24N2O. The third kappa shape index (κ3) is 6.29. The molecular weight excluding hydrogens is 212 g/mol. The highest BCUT2D eigenvalue weighted by atomic mass is 16.5. The second-order valence-corrected chi connectivity index (χ2v) is 4.64. The maximum Gasteiger partial charge on any atom is 0.119 e. The number of rotatable bonds is 8. The first-order valence-electron chi connectivity index (χ1n) is 6.32. The van der Waals surface area contributed by atoms with Crippen molar-refractivity contribution in [2.45, 2.75) is 13.8 Å². The van der Waals surface area contributed by atoms with E-state index >= 15 is 0 Å². The zero-order chi connectivity index (χ0) is 12.5. The Bertz CT molecular complexity index is 288. The van der Waals surface area contributed by atoms with Crippen LogP contribution in [0.5, 0.6) is 5.75 Å². The quantitative estimate of drug-likeness (QED) is 0.750. The number of benzene rings is 1. The fraction of sp³-hybridized carbons (Fsp3) is 0.571. The van der Waals surface area contributed by atoms with Crippen molar-refractivity contribution >= 4 is 0 Å². The minimum absolute atomic E-state index is 0.665. The zero-order valence-electron chi connectivity index (χ0n) is 10.9. The minimum Gasteiger partial charge on any atom is -0.492 e. The molecule has 0 radical (unpaired) electrons. The first-order valence-corrected chi connectivity index (χ1v) is 6.32. The Balaban J connectivity index is 2.26. The van der Waals surface area contributed by atoms with Gasteiger partial charge in [-0.3, -0.25) is 4.90 Å². The summed E-state index contributed by atoms with van der Waals surface area (Å²) in [5.74, 6) is 1.60. The highest BCUT2D eigenvalue weighted by Crippen LogP contribution is 2.08. The first-order chi connectivity index (χ1) is 8.22. The lowest BCUT2D eigenvalue weighted by atomic mass is 10.2. The average Bonchev–Trinajstić information content (AvgIpc) is 2.30. The molecule has 2 N–H and O–H groups in total. The van der Waals surface area contributed by atoms with Crippen LogP contribution in [0.25, 0.3) is 0 Å². The molecule has 0 heterocycles. The van der Waals surface area contributed by atoms with Crippen LogP contribution in [-0.2, 0) is 0 Å². The predicted molar refractivity (Wildman–Crippen MR) is 72.3 cm³/mol. The fourth-order valence-electron chi connectivity index (χ4n) is 1.80. The third-order valence-corrected chi connectivity index (χ3v) is 2.49. The van der Waals surface area contributed by atoms with Gasteiger partial charge in [0.25, 0.3) is 0 Å². The Morgan fingerprint density at radius 3 is 2.47 bits per heavy atom. The van der Waals surface area contributed by atoms with E-state index in [1.165, 1.54) is 0 Å². The summed E-state index contributed by atoms with van der Waals surface area (Å²) in [5, 5.41) is 0. The Labute approximate surface area is 105 Å². The van der Waals surface area contributed by atoms with E-state index in [1.807, 2.05) is 30.3 Å². The minimum atomic E-state index is 0.665. The maximum atomic E-state index is 5.68. The van der Waals surface area contributed by atoms with E-state index in [-0.39, 0.29) is 0 Å². The Morgan fingerprint density at radius 1 is 1.18 bits per heavy atom. The van der Waals surface area contributed by atoms with Gasteiger partial charge in [0.1, 0.15) is 12.4 Å². The Morgan fingerprint density at radius 2 is 1.88 bits per heavy atom. The SMILES string of the molecule is CC(C)CN(CCN)CCOc1ccccc1. The topological polar surface area (TPSA) is 38.5 Å². The maximum absolute atomic E-state index is 5.68. The molecule has 0 bridgehead atoms. The molecule has 0 spiro atoms. The molecule has 0 aliphatic heterocycles. The summed E-state index contributed by atoms with van der Waals surface area (Å²) in [6, 6.07) is 9.93. The van der Waals surface area contributed by atoms with Gasteiger partial charge in [-0.1, -0.05) is 32.0 Å². The predicted octanol–water partition coefficient (Wildman–Crippen LogP) is 1.98. The van der Waals surface area contributed by atoms with Gasteiger partial charge in [0, 0.05) is 26.2 Å². The van der Waals surface area contributed by atoms with E-state index < -0.39 is 0 Å². The molecule has 0 saturated heterocycles. The number of ether oxygens (including phenoxy) is 1. The summed E-state index contributed by atoms with van der Waals surface area (Å²) >= 11 is 0. The number of nitrogens with two attached hydrogens (primary N) is 1. The Hall–Kier alpha value is -1.06. The second-order valence-electron chi connectivity index (χ2n) is 4.64. The van der Waals surface area contributed by atoms with Crippen molar-refractivity contribution in [3.05, 3.63) is 30.3 Å². The molecule has 1 aromatic rings. The first kappa shape index (κ1) is 14.0. The molecule has 1 aromatic carbocycles. The van der Waals surface area contributed by atoms with Crippen molar-refractivity contribution in [2.75, 3.05) is 32.8 Å².